The van der Waals surface area contributed by atoms with Gasteiger partial charge in [0.15, 0.2) is 0 Å². The second-order valence-corrected chi connectivity index (χ2v) is 5.67. The molecule has 0 saturated heterocycles. The molecule has 0 N–H and O–H groups in total. The Balaban J connectivity index is 2.99. The number of carbonyl (C=O) groups is 1. The molecule has 1 heterocycles. The zero-order valence-corrected chi connectivity index (χ0v) is 11.4. The summed E-state index contributed by atoms with van der Waals surface area (Å²) in [4.78, 5) is 20.3. The number of hydrogen-bond donors (Lipinski definition) is 0. The average Bonchev–Trinajstić information content (AvgIpc) is 2.15. The van der Waals surface area contributed by atoms with E-state index < -0.39 is 11.0 Å². The molecular weight excluding hydrogens is 216 g/mol. The summed E-state index contributed by atoms with van der Waals surface area (Å²) >= 11 is 0. The van der Waals surface area contributed by atoms with Crippen molar-refractivity contribution in [3.63, 3.8) is 0 Å². The molecule has 0 saturated carbocycles. The van der Waals surface area contributed by atoms with Crippen molar-refractivity contribution in [3.8, 4) is 0 Å². The number of hydrogen-bond acceptors (Lipinski definition) is 4. The molecule has 1 aromatic rings. The van der Waals surface area contributed by atoms with E-state index in [1.807, 2.05) is 47.6 Å². The molecule has 0 fully saturated rings. The number of aromatic nitrogens is 2. The zero-order valence-electron chi connectivity index (χ0n) is 11.4. The van der Waals surface area contributed by atoms with Crippen LogP contribution < -0.4 is 0 Å². The van der Waals surface area contributed by atoms with Crippen LogP contribution in [0.2, 0.25) is 0 Å². The fraction of sp³-hybridized carbons (Fsp3) is 0.615. The molecule has 0 aromatic carbocycles. The topological polar surface area (TPSA) is 52.1 Å². The standard InChI is InChI=1S/C13H20N2O2/c1-9-7-10(15-8-14-9)13(5,6)11(16)17-12(2,3)4/h7-8H,1-6H3. The van der Waals surface area contributed by atoms with Crippen LogP contribution in [0.25, 0.3) is 0 Å². The minimum atomic E-state index is -0.763. The number of rotatable bonds is 2. The van der Waals surface area contributed by atoms with Crippen LogP contribution >= 0.6 is 0 Å². The summed E-state index contributed by atoms with van der Waals surface area (Å²) in [5.41, 5.74) is 0.267. The van der Waals surface area contributed by atoms with Gasteiger partial charge in [0.05, 0.1) is 5.69 Å². The molecule has 4 heteroatoms. The summed E-state index contributed by atoms with van der Waals surface area (Å²) in [6.45, 7) is 11.0. The Morgan fingerprint density at radius 2 is 1.76 bits per heavy atom. The van der Waals surface area contributed by atoms with Crippen molar-refractivity contribution in [1.29, 1.82) is 0 Å². The van der Waals surface area contributed by atoms with Crippen LogP contribution in [0, 0.1) is 6.92 Å². The van der Waals surface area contributed by atoms with Crippen molar-refractivity contribution in [2.45, 2.75) is 52.6 Å². The summed E-state index contributed by atoms with van der Waals surface area (Å²) in [5.74, 6) is -0.275. The molecule has 4 nitrogen and oxygen atoms in total. The third-order valence-electron chi connectivity index (χ3n) is 2.35. The Hall–Kier alpha value is -1.45. The maximum Gasteiger partial charge on any atom is 0.318 e. The molecule has 94 valence electrons. The number of esters is 1. The second kappa shape index (κ2) is 4.43. The Kier molecular flexibility index (Phi) is 3.55. The predicted octanol–water partition coefficient (Wildman–Crippen LogP) is 2.40. The minimum Gasteiger partial charge on any atom is -0.459 e. The van der Waals surface area contributed by atoms with Crippen molar-refractivity contribution in [3.05, 3.63) is 23.8 Å². The van der Waals surface area contributed by atoms with Gasteiger partial charge in [-0.3, -0.25) is 4.79 Å². The second-order valence-electron chi connectivity index (χ2n) is 5.67. The fourth-order valence-electron chi connectivity index (χ4n) is 1.31. The maximum atomic E-state index is 12.1. The molecule has 0 bridgehead atoms. The molecule has 0 spiro atoms. The van der Waals surface area contributed by atoms with Crippen LogP contribution in [0.5, 0.6) is 0 Å². The van der Waals surface area contributed by atoms with Crippen molar-refractivity contribution in [1.82, 2.24) is 9.97 Å². The highest BCUT2D eigenvalue weighted by Gasteiger charge is 2.35. The number of aryl methyl sites for hydroxylation is 1. The van der Waals surface area contributed by atoms with Crippen LogP contribution in [0.4, 0.5) is 0 Å². The monoisotopic (exact) mass is 236 g/mol. The lowest BCUT2D eigenvalue weighted by Gasteiger charge is -2.28. The normalized spacial score (nSPS) is 12.4. The van der Waals surface area contributed by atoms with Gasteiger partial charge in [-0.25, -0.2) is 9.97 Å². The van der Waals surface area contributed by atoms with Gasteiger partial charge in [-0.05, 0) is 47.6 Å². The smallest absolute Gasteiger partial charge is 0.318 e. The largest absolute Gasteiger partial charge is 0.459 e. The highest BCUT2D eigenvalue weighted by atomic mass is 16.6. The van der Waals surface area contributed by atoms with Gasteiger partial charge in [-0.1, -0.05) is 0 Å². The first-order valence-corrected chi connectivity index (χ1v) is 5.65. The van der Waals surface area contributed by atoms with E-state index in [-0.39, 0.29) is 5.97 Å². The lowest BCUT2D eigenvalue weighted by molar-refractivity contribution is -0.161. The van der Waals surface area contributed by atoms with Gasteiger partial charge >= 0.3 is 5.97 Å². The molecule has 1 aromatic heterocycles. The summed E-state index contributed by atoms with van der Waals surface area (Å²) in [6.07, 6.45) is 1.47. The van der Waals surface area contributed by atoms with E-state index in [4.69, 9.17) is 4.74 Å². The van der Waals surface area contributed by atoms with Gasteiger partial charge in [0.1, 0.15) is 17.3 Å². The third kappa shape index (κ3) is 3.51. The van der Waals surface area contributed by atoms with E-state index in [0.717, 1.165) is 5.69 Å². The Morgan fingerprint density at radius 3 is 2.24 bits per heavy atom. The van der Waals surface area contributed by atoms with E-state index in [2.05, 4.69) is 9.97 Å². The Morgan fingerprint density at radius 1 is 1.18 bits per heavy atom. The quantitative estimate of drug-likeness (QED) is 0.740. The van der Waals surface area contributed by atoms with Gasteiger partial charge in [-0.15, -0.1) is 0 Å². The van der Waals surface area contributed by atoms with E-state index >= 15 is 0 Å². The van der Waals surface area contributed by atoms with Crippen molar-refractivity contribution in [2.24, 2.45) is 0 Å². The van der Waals surface area contributed by atoms with Crippen LogP contribution in [-0.2, 0) is 14.9 Å². The molecule has 0 amide bonds. The van der Waals surface area contributed by atoms with Crippen molar-refractivity contribution >= 4 is 5.97 Å². The van der Waals surface area contributed by atoms with Gasteiger partial charge in [0.2, 0.25) is 0 Å². The van der Waals surface area contributed by atoms with Crippen LogP contribution in [0.3, 0.4) is 0 Å². The van der Waals surface area contributed by atoms with E-state index in [9.17, 15) is 4.79 Å². The van der Waals surface area contributed by atoms with Crippen LogP contribution in [-0.4, -0.2) is 21.5 Å². The Bertz CT molecular complexity index is 420. The number of nitrogens with zero attached hydrogens (tertiary/aromatic N) is 2. The first-order valence-electron chi connectivity index (χ1n) is 5.65. The van der Waals surface area contributed by atoms with E-state index in [1.54, 1.807) is 0 Å². The van der Waals surface area contributed by atoms with Crippen molar-refractivity contribution < 1.29 is 9.53 Å². The summed E-state index contributed by atoms with van der Waals surface area (Å²) in [6, 6.07) is 1.81. The molecule has 1 rings (SSSR count). The molecule has 0 aliphatic rings. The van der Waals surface area contributed by atoms with E-state index in [1.165, 1.54) is 6.33 Å². The fourth-order valence-corrected chi connectivity index (χ4v) is 1.31. The number of carbonyl (C=O) groups excluding carboxylic acids is 1. The van der Waals surface area contributed by atoms with Gasteiger partial charge in [-0.2, -0.15) is 0 Å². The summed E-state index contributed by atoms with van der Waals surface area (Å²) < 4.78 is 5.40. The molecular formula is C13H20N2O2. The average molecular weight is 236 g/mol. The predicted molar refractivity (Wildman–Crippen MR) is 65.6 cm³/mol. The van der Waals surface area contributed by atoms with Gasteiger partial charge < -0.3 is 4.74 Å². The molecule has 0 aliphatic carbocycles. The van der Waals surface area contributed by atoms with Crippen LogP contribution in [0.15, 0.2) is 12.4 Å². The van der Waals surface area contributed by atoms with Gasteiger partial charge in [0, 0.05) is 5.69 Å². The summed E-state index contributed by atoms with van der Waals surface area (Å²) in [5, 5.41) is 0. The van der Waals surface area contributed by atoms with Crippen LogP contribution in [0.1, 0.15) is 46.0 Å². The Labute approximate surface area is 102 Å². The first-order chi connectivity index (χ1) is 7.63. The van der Waals surface area contributed by atoms with E-state index in [0.29, 0.717) is 5.69 Å². The first kappa shape index (κ1) is 13.6. The maximum absolute atomic E-state index is 12.1. The highest BCUT2D eigenvalue weighted by molar-refractivity contribution is 5.81. The highest BCUT2D eigenvalue weighted by Crippen LogP contribution is 2.25. The molecule has 0 radical (unpaired) electrons. The third-order valence-corrected chi connectivity index (χ3v) is 2.35. The molecule has 0 atom stereocenters. The lowest BCUT2D eigenvalue weighted by atomic mass is 9.88. The SMILES string of the molecule is Cc1cc(C(C)(C)C(=O)OC(C)(C)C)ncn1. The van der Waals surface area contributed by atoms with Gasteiger partial charge in [0.25, 0.3) is 0 Å². The molecule has 0 aliphatic heterocycles. The minimum absolute atomic E-state index is 0.275. The molecule has 0 unspecified atom stereocenters. The number of ether oxygens (including phenoxy) is 1. The molecule has 17 heavy (non-hydrogen) atoms. The lowest BCUT2D eigenvalue weighted by Crippen LogP contribution is -2.37. The zero-order chi connectivity index (χ0) is 13.3. The van der Waals surface area contributed by atoms with Crippen molar-refractivity contribution in [2.75, 3.05) is 0 Å². The summed E-state index contributed by atoms with van der Waals surface area (Å²) in [7, 11) is 0.